The molecule has 82 valence electrons. The van der Waals surface area contributed by atoms with Crippen LogP contribution in [-0.2, 0) is 0 Å². The third kappa shape index (κ3) is 2.57. The zero-order valence-corrected chi connectivity index (χ0v) is 9.66. The van der Waals surface area contributed by atoms with E-state index in [1.807, 2.05) is 13.1 Å². The lowest BCUT2D eigenvalue weighted by Crippen LogP contribution is -2.32. The van der Waals surface area contributed by atoms with Crippen LogP contribution in [0.2, 0.25) is 0 Å². The molecule has 0 amide bonds. The molecule has 1 saturated heterocycles. The molecule has 1 aromatic rings. The summed E-state index contributed by atoms with van der Waals surface area (Å²) in [5.74, 6) is 1.41. The first-order valence-corrected chi connectivity index (χ1v) is 5.90. The summed E-state index contributed by atoms with van der Waals surface area (Å²) in [6.45, 7) is 6.71. The molecule has 2 unspecified atom stereocenters. The molecule has 2 nitrogen and oxygen atoms in total. The van der Waals surface area contributed by atoms with Crippen molar-refractivity contribution in [1.82, 2.24) is 10.3 Å². The van der Waals surface area contributed by atoms with Gasteiger partial charge >= 0.3 is 0 Å². The first kappa shape index (κ1) is 10.6. The van der Waals surface area contributed by atoms with Gasteiger partial charge in [0.25, 0.3) is 0 Å². The Morgan fingerprint density at radius 3 is 2.93 bits per heavy atom. The quantitative estimate of drug-likeness (QED) is 0.800. The molecule has 15 heavy (non-hydrogen) atoms. The minimum atomic E-state index is 0.630. The summed E-state index contributed by atoms with van der Waals surface area (Å²) in [5, 5.41) is 3.48. The van der Waals surface area contributed by atoms with E-state index >= 15 is 0 Å². The van der Waals surface area contributed by atoms with Crippen LogP contribution in [-0.4, -0.2) is 18.1 Å². The van der Waals surface area contributed by atoms with Gasteiger partial charge < -0.3 is 5.32 Å². The van der Waals surface area contributed by atoms with Crippen molar-refractivity contribution in [2.24, 2.45) is 5.92 Å². The number of nitrogens with zero attached hydrogens (tertiary/aromatic N) is 1. The highest BCUT2D eigenvalue weighted by Crippen LogP contribution is 2.28. The van der Waals surface area contributed by atoms with Gasteiger partial charge in [0.15, 0.2) is 0 Å². The van der Waals surface area contributed by atoms with E-state index in [0.717, 1.165) is 18.2 Å². The van der Waals surface area contributed by atoms with Gasteiger partial charge in [0.1, 0.15) is 0 Å². The number of hydrogen-bond acceptors (Lipinski definition) is 2. The maximum atomic E-state index is 4.37. The molecule has 0 radical (unpaired) electrons. The van der Waals surface area contributed by atoms with E-state index in [1.165, 1.54) is 24.9 Å². The monoisotopic (exact) mass is 204 g/mol. The van der Waals surface area contributed by atoms with Crippen molar-refractivity contribution in [2.45, 2.75) is 32.6 Å². The highest BCUT2D eigenvalue weighted by Gasteiger charge is 2.20. The molecule has 0 bridgehead atoms. The van der Waals surface area contributed by atoms with E-state index in [-0.39, 0.29) is 0 Å². The second-order valence-corrected chi connectivity index (χ2v) is 4.63. The Kier molecular flexibility index (Phi) is 3.37. The zero-order chi connectivity index (χ0) is 10.7. The molecule has 1 aromatic heterocycles. The van der Waals surface area contributed by atoms with Crippen LogP contribution in [0.4, 0.5) is 0 Å². The summed E-state index contributed by atoms with van der Waals surface area (Å²) in [6, 6.07) is 4.34. The van der Waals surface area contributed by atoms with Crippen LogP contribution in [0.3, 0.4) is 0 Å². The number of hydrogen-bond donors (Lipinski definition) is 1. The molecular weight excluding hydrogens is 184 g/mol. The van der Waals surface area contributed by atoms with Gasteiger partial charge in [-0.1, -0.05) is 13.0 Å². The molecule has 1 aliphatic heterocycles. The number of aromatic nitrogens is 1. The van der Waals surface area contributed by atoms with Gasteiger partial charge in [-0.3, -0.25) is 4.98 Å². The van der Waals surface area contributed by atoms with E-state index in [2.05, 4.69) is 29.4 Å². The third-order valence-electron chi connectivity index (χ3n) is 3.50. The fraction of sp³-hybridized carbons (Fsp3) is 0.615. The van der Waals surface area contributed by atoms with Gasteiger partial charge in [-0.25, -0.2) is 0 Å². The van der Waals surface area contributed by atoms with E-state index < -0.39 is 0 Å². The number of rotatable bonds is 2. The molecule has 0 aliphatic carbocycles. The Morgan fingerprint density at radius 2 is 2.33 bits per heavy atom. The predicted octanol–water partition coefficient (Wildman–Crippen LogP) is 2.49. The first-order chi connectivity index (χ1) is 7.27. The Hall–Kier alpha value is -0.890. The van der Waals surface area contributed by atoms with Gasteiger partial charge in [0.2, 0.25) is 0 Å². The highest BCUT2D eigenvalue weighted by molar-refractivity contribution is 5.18. The average molecular weight is 204 g/mol. The van der Waals surface area contributed by atoms with Crippen molar-refractivity contribution in [3.8, 4) is 0 Å². The zero-order valence-electron chi connectivity index (χ0n) is 9.66. The van der Waals surface area contributed by atoms with Crippen LogP contribution in [0.5, 0.6) is 0 Å². The van der Waals surface area contributed by atoms with E-state index in [4.69, 9.17) is 0 Å². The van der Waals surface area contributed by atoms with Crippen molar-refractivity contribution < 1.29 is 0 Å². The topological polar surface area (TPSA) is 24.9 Å². The molecule has 0 aromatic carbocycles. The summed E-state index contributed by atoms with van der Waals surface area (Å²) in [7, 11) is 0. The van der Waals surface area contributed by atoms with Crippen LogP contribution in [0.25, 0.3) is 0 Å². The first-order valence-electron chi connectivity index (χ1n) is 5.90. The number of piperidine rings is 1. The Balaban J connectivity index is 2.05. The van der Waals surface area contributed by atoms with Crippen LogP contribution >= 0.6 is 0 Å². The van der Waals surface area contributed by atoms with Crippen molar-refractivity contribution in [1.29, 1.82) is 0 Å². The average Bonchev–Trinajstić information content (AvgIpc) is 2.30. The van der Waals surface area contributed by atoms with E-state index in [9.17, 15) is 0 Å². The molecule has 1 N–H and O–H groups in total. The SMILES string of the molecule is Cc1ccc(C(C)C2CCCNC2)cn1. The summed E-state index contributed by atoms with van der Waals surface area (Å²) in [4.78, 5) is 4.37. The fourth-order valence-corrected chi connectivity index (χ4v) is 2.33. The molecular formula is C13H20N2. The minimum absolute atomic E-state index is 0.630. The Morgan fingerprint density at radius 1 is 1.47 bits per heavy atom. The Bertz CT molecular complexity index is 299. The largest absolute Gasteiger partial charge is 0.316 e. The molecule has 0 saturated carbocycles. The second kappa shape index (κ2) is 4.75. The predicted molar refractivity (Wildman–Crippen MR) is 63.0 cm³/mol. The summed E-state index contributed by atoms with van der Waals surface area (Å²) in [5.41, 5.74) is 2.49. The minimum Gasteiger partial charge on any atom is -0.316 e. The summed E-state index contributed by atoms with van der Waals surface area (Å²) >= 11 is 0. The van der Waals surface area contributed by atoms with Crippen molar-refractivity contribution >= 4 is 0 Å². The summed E-state index contributed by atoms with van der Waals surface area (Å²) < 4.78 is 0. The smallest absolute Gasteiger partial charge is 0.0372 e. The van der Waals surface area contributed by atoms with Gasteiger partial charge in [-0.2, -0.15) is 0 Å². The highest BCUT2D eigenvalue weighted by atomic mass is 14.9. The van der Waals surface area contributed by atoms with Gasteiger partial charge in [-0.15, -0.1) is 0 Å². The van der Waals surface area contributed by atoms with Crippen LogP contribution in [0.15, 0.2) is 18.3 Å². The van der Waals surface area contributed by atoms with Gasteiger partial charge in [-0.05, 0) is 56.3 Å². The normalized spacial score (nSPS) is 23.7. The van der Waals surface area contributed by atoms with Crippen LogP contribution in [0.1, 0.15) is 36.9 Å². The molecule has 0 spiro atoms. The van der Waals surface area contributed by atoms with Crippen LogP contribution in [0, 0.1) is 12.8 Å². The lowest BCUT2D eigenvalue weighted by Gasteiger charge is -2.28. The fourth-order valence-electron chi connectivity index (χ4n) is 2.33. The Labute approximate surface area is 92.1 Å². The number of aryl methyl sites for hydroxylation is 1. The molecule has 2 rings (SSSR count). The molecule has 2 atom stereocenters. The maximum absolute atomic E-state index is 4.37. The van der Waals surface area contributed by atoms with Crippen molar-refractivity contribution in [3.63, 3.8) is 0 Å². The van der Waals surface area contributed by atoms with E-state index in [1.54, 1.807) is 0 Å². The third-order valence-corrected chi connectivity index (χ3v) is 3.50. The standard InChI is InChI=1S/C13H20N2/c1-10-5-6-13(9-15-10)11(2)12-4-3-7-14-8-12/h5-6,9,11-12,14H,3-4,7-8H2,1-2H3. The number of pyridine rings is 1. The van der Waals surface area contributed by atoms with Crippen molar-refractivity contribution in [3.05, 3.63) is 29.6 Å². The maximum Gasteiger partial charge on any atom is 0.0372 e. The summed E-state index contributed by atoms with van der Waals surface area (Å²) in [6.07, 6.45) is 4.70. The lowest BCUT2D eigenvalue weighted by molar-refractivity contribution is 0.334. The lowest BCUT2D eigenvalue weighted by atomic mass is 9.83. The van der Waals surface area contributed by atoms with E-state index in [0.29, 0.717) is 5.92 Å². The second-order valence-electron chi connectivity index (χ2n) is 4.63. The molecule has 2 heteroatoms. The van der Waals surface area contributed by atoms with Crippen molar-refractivity contribution in [2.75, 3.05) is 13.1 Å². The van der Waals surface area contributed by atoms with Gasteiger partial charge in [0, 0.05) is 11.9 Å². The van der Waals surface area contributed by atoms with Gasteiger partial charge in [0.05, 0.1) is 0 Å². The number of nitrogens with one attached hydrogen (secondary N) is 1. The molecule has 1 fully saturated rings. The molecule has 1 aliphatic rings. The molecule has 2 heterocycles. The van der Waals surface area contributed by atoms with Crippen LogP contribution < -0.4 is 5.32 Å².